The predicted octanol–water partition coefficient (Wildman–Crippen LogP) is 2.52. The van der Waals surface area contributed by atoms with Crippen LogP contribution in [-0.2, 0) is 0 Å². The summed E-state index contributed by atoms with van der Waals surface area (Å²) in [4.78, 5) is 2.78. The highest BCUT2D eigenvalue weighted by Gasteiger charge is 2.36. The van der Waals surface area contributed by atoms with Crippen LogP contribution in [0.2, 0.25) is 0 Å². The summed E-state index contributed by atoms with van der Waals surface area (Å²) in [7, 11) is 0. The first kappa shape index (κ1) is 11.4. The number of unbranched alkanes of at least 4 members (excludes halogenated alkanes) is 2. The van der Waals surface area contributed by atoms with E-state index in [2.05, 4.69) is 11.8 Å². The Morgan fingerprint density at radius 2 is 1.80 bits per heavy atom. The van der Waals surface area contributed by atoms with Crippen LogP contribution in [0, 0.1) is 0 Å². The van der Waals surface area contributed by atoms with Crippen LogP contribution in [-0.4, -0.2) is 29.6 Å². The first-order valence-corrected chi connectivity index (χ1v) is 6.82. The van der Waals surface area contributed by atoms with Gasteiger partial charge in [-0.25, -0.2) is 0 Å². The van der Waals surface area contributed by atoms with Crippen molar-refractivity contribution in [3.63, 3.8) is 0 Å². The summed E-state index contributed by atoms with van der Waals surface area (Å²) in [5.74, 6) is 0. The zero-order valence-corrected chi connectivity index (χ0v) is 10.1. The number of hydrogen-bond donors (Lipinski definition) is 1. The lowest BCUT2D eigenvalue weighted by Crippen LogP contribution is -2.55. The Hall–Kier alpha value is -0.0800. The number of nitrogens with zero attached hydrogens (tertiary/aromatic N) is 1. The summed E-state index contributed by atoms with van der Waals surface area (Å²) in [6.45, 7) is 3.61. The predicted molar refractivity (Wildman–Crippen MR) is 64.9 cm³/mol. The highest BCUT2D eigenvalue weighted by Crippen LogP contribution is 2.33. The monoisotopic (exact) mass is 210 g/mol. The zero-order valence-electron chi connectivity index (χ0n) is 10.1. The van der Waals surface area contributed by atoms with E-state index in [1.807, 2.05) is 0 Å². The van der Waals surface area contributed by atoms with Crippen molar-refractivity contribution >= 4 is 0 Å². The molecule has 0 aromatic carbocycles. The van der Waals surface area contributed by atoms with Crippen LogP contribution >= 0.6 is 0 Å². The first-order chi connectivity index (χ1) is 7.31. The number of rotatable bonds is 4. The summed E-state index contributed by atoms with van der Waals surface area (Å²) in [6, 6.07) is 2.14. The highest BCUT2D eigenvalue weighted by atomic mass is 15.2. The summed E-state index contributed by atoms with van der Waals surface area (Å²) < 4.78 is 0. The minimum atomic E-state index is 0.489. The van der Waals surface area contributed by atoms with Gasteiger partial charge < -0.3 is 5.73 Å². The molecule has 0 aromatic heterocycles. The molecule has 2 unspecified atom stereocenters. The first-order valence-electron chi connectivity index (χ1n) is 6.82. The molecule has 2 aliphatic heterocycles. The lowest BCUT2D eigenvalue weighted by atomic mass is 9.82. The fraction of sp³-hybridized carbons (Fsp3) is 1.00. The standard InChI is InChI=1S/C13H26N2/c1-2-3-4-8-15-12-6-5-7-13(15)10-11(14)9-12/h11-13H,2-10,14H2,1H3. The van der Waals surface area contributed by atoms with Gasteiger partial charge in [0.2, 0.25) is 0 Å². The number of piperidine rings is 2. The average Bonchev–Trinajstić information content (AvgIpc) is 2.19. The van der Waals surface area contributed by atoms with E-state index in [1.165, 1.54) is 57.9 Å². The minimum Gasteiger partial charge on any atom is -0.328 e. The molecule has 0 amide bonds. The van der Waals surface area contributed by atoms with E-state index in [0.717, 1.165) is 12.1 Å². The largest absolute Gasteiger partial charge is 0.328 e. The van der Waals surface area contributed by atoms with Crippen molar-refractivity contribution in [3.05, 3.63) is 0 Å². The van der Waals surface area contributed by atoms with Crippen molar-refractivity contribution in [1.82, 2.24) is 4.90 Å². The SMILES string of the molecule is CCCCCN1C2CCCC1CC(N)C2. The van der Waals surface area contributed by atoms with Crippen molar-refractivity contribution in [3.8, 4) is 0 Å². The molecule has 0 saturated carbocycles. The van der Waals surface area contributed by atoms with Gasteiger partial charge in [0.1, 0.15) is 0 Å². The Morgan fingerprint density at radius 1 is 1.13 bits per heavy atom. The average molecular weight is 210 g/mol. The second-order valence-electron chi connectivity index (χ2n) is 5.41. The molecule has 2 N–H and O–H groups in total. The minimum absolute atomic E-state index is 0.489. The maximum atomic E-state index is 6.12. The molecule has 88 valence electrons. The normalized spacial score (nSPS) is 36.8. The van der Waals surface area contributed by atoms with Crippen LogP contribution in [0.4, 0.5) is 0 Å². The molecule has 2 aliphatic rings. The Kier molecular flexibility index (Phi) is 4.04. The van der Waals surface area contributed by atoms with E-state index in [0.29, 0.717) is 6.04 Å². The van der Waals surface area contributed by atoms with E-state index in [9.17, 15) is 0 Å². The van der Waals surface area contributed by atoms with Crippen molar-refractivity contribution in [2.24, 2.45) is 5.73 Å². The maximum absolute atomic E-state index is 6.12. The van der Waals surface area contributed by atoms with Crippen molar-refractivity contribution in [2.45, 2.75) is 76.4 Å². The van der Waals surface area contributed by atoms with Gasteiger partial charge in [0.15, 0.2) is 0 Å². The third kappa shape index (κ3) is 2.73. The van der Waals surface area contributed by atoms with Gasteiger partial charge in [0, 0.05) is 18.1 Å². The molecule has 2 heteroatoms. The molecule has 2 atom stereocenters. The summed E-state index contributed by atoms with van der Waals surface area (Å²) in [5, 5.41) is 0. The second kappa shape index (κ2) is 5.31. The second-order valence-corrected chi connectivity index (χ2v) is 5.41. The van der Waals surface area contributed by atoms with Crippen molar-refractivity contribution in [1.29, 1.82) is 0 Å². The van der Waals surface area contributed by atoms with Gasteiger partial charge in [-0.2, -0.15) is 0 Å². The lowest BCUT2D eigenvalue weighted by Gasteiger charge is -2.48. The highest BCUT2D eigenvalue weighted by molar-refractivity contribution is 4.93. The van der Waals surface area contributed by atoms with E-state index in [4.69, 9.17) is 5.73 Å². The van der Waals surface area contributed by atoms with Crippen LogP contribution < -0.4 is 5.73 Å². The molecule has 2 bridgehead atoms. The van der Waals surface area contributed by atoms with Crippen LogP contribution in [0.3, 0.4) is 0 Å². The van der Waals surface area contributed by atoms with Gasteiger partial charge >= 0.3 is 0 Å². The van der Waals surface area contributed by atoms with Crippen LogP contribution in [0.25, 0.3) is 0 Å². The van der Waals surface area contributed by atoms with Gasteiger partial charge in [-0.15, -0.1) is 0 Å². The topological polar surface area (TPSA) is 29.3 Å². The maximum Gasteiger partial charge on any atom is 0.0113 e. The molecule has 2 heterocycles. The smallest absolute Gasteiger partial charge is 0.0113 e. The van der Waals surface area contributed by atoms with Crippen molar-refractivity contribution < 1.29 is 0 Å². The molecular weight excluding hydrogens is 184 g/mol. The quantitative estimate of drug-likeness (QED) is 0.722. The third-order valence-electron chi connectivity index (χ3n) is 4.18. The van der Waals surface area contributed by atoms with Gasteiger partial charge in [-0.3, -0.25) is 4.90 Å². The summed E-state index contributed by atoms with van der Waals surface area (Å²) in [5.41, 5.74) is 6.12. The number of hydrogen-bond acceptors (Lipinski definition) is 2. The molecule has 0 radical (unpaired) electrons. The van der Waals surface area contributed by atoms with Crippen LogP contribution in [0.5, 0.6) is 0 Å². The molecule has 2 nitrogen and oxygen atoms in total. The Bertz CT molecular complexity index is 179. The van der Waals surface area contributed by atoms with E-state index in [-0.39, 0.29) is 0 Å². The fourth-order valence-corrected chi connectivity index (χ4v) is 3.43. The number of fused-ring (bicyclic) bond motifs is 2. The molecule has 2 saturated heterocycles. The van der Waals surface area contributed by atoms with Crippen LogP contribution in [0.1, 0.15) is 58.3 Å². The van der Waals surface area contributed by atoms with Crippen LogP contribution in [0.15, 0.2) is 0 Å². The van der Waals surface area contributed by atoms with Crippen molar-refractivity contribution in [2.75, 3.05) is 6.54 Å². The summed E-state index contributed by atoms with van der Waals surface area (Å²) >= 11 is 0. The van der Waals surface area contributed by atoms with Gasteiger partial charge in [-0.05, 0) is 38.6 Å². The molecule has 0 aromatic rings. The lowest BCUT2D eigenvalue weighted by molar-refractivity contribution is 0.0303. The molecule has 0 spiro atoms. The Balaban J connectivity index is 1.86. The van der Waals surface area contributed by atoms with Gasteiger partial charge in [0.25, 0.3) is 0 Å². The molecule has 15 heavy (non-hydrogen) atoms. The zero-order chi connectivity index (χ0) is 10.7. The van der Waals surface area contributed by atoms with E-state index < -0.39 is 0 Å². The fourth-order valence-electron chi connectivity index (χ4n) is 3.43. The third-order valence-corrected chi connectivity index (χ3v) is 4.18. The van der Waals surface area contributed by atoms with Gasteiger partial charge in [-0.1, -0.05) is 26.2 Å². The molecule has 2 rings (SSSR count). The molecule has 2 fully saturated rings. The number of nitrogens with two attached hydrogens (primary N) is 1. The Labute approximate surface area is 94.2 Å². The summed E-state index contributed by atoms with van der Waals surface area (Å²) in [6.07, 6.45) is 10.9. The van der Waals surface area contributed by atoms with E-state index in [1.54, 1.807) is 0 Å². The van der Waals surface area contributed by atoms with E-state index >= 15 is 0 Å². The Morgan fingerprint density at radius 3 is 2.40 bits per heavy atom. The van der Waals surface area contributed by atoms with Gasteiger partial charge in [0.05, 0.1) is 0 Å². The molecular formula is C13H26N2. The molecule has 0 aliphatic carbocycles.